The van der Waals surface area contributed by atoms with Crippen LogP contribution in [-0.4, -0.2) is 36.6 Å². The molecule has 1 aliphatic heterocycles. The maximum absolute atomic E-state index is 3.70. The molecule has 3 fully saturated rings. The van der Waals surface area contributed by atoms with Crippen LogP contribution in [0.3, 0.4) is 0 Å². The quantitative estimate of drug-likeness (QED) is 0.779. The number of nitrogens with zero attached hydrogens (tertiary/aromatic N) is 1. The van der Waals surface area contributed by atoms with E-state index in [0.717, 1.165) is 23.9 Å². The van der Waals surface area contributed by atoms with Crippen LogP contribution in [0.25, 0.3) is 0 Å². The van der Waals surface area contributed by atoms with Crippen LogP contribution in [0.5, 0.6) is 0 Å². The van der Waals surface area contributed by atoms with E-state index >= 15 is 0 Å². The summed E-state index contributed by atoms with van der Waals surface area (Å²) in [5, 5.41) is 3.70. The first-order chi connectivity index (χ1) is 8.86. The second-order valence-corrected chi connectivity index (χ2v) is 6.86. The number of nitrogens with one attached hydrogen (secondary N) is 1. The minimum Gasteiger partial charge on any atom is -0.313 e. The Bertz CT molecular complexity index is 256. The molecule has 18 heavy (non-hydrogen) atoms. The summed E-state index contributed by atoms with van der Waals surface area (Å²) in [6.07, 6.45) is 11.6. The zero-order valence-corrected chi connectivity index (χ0v) is 12.0. The van der Waals surface area contributed by atoms with E-state index in [4.69, 9.17) is 0 Å². The summed E-state index contributed by atoms with van der Waals surface area (Å²) in [4.78, 5) is 2.89. The van der Waals surface area contributed by atoms with Crippen molar-refractivity contribution in [1.29, 1.82) is 0 Å². The van der Waals surface area contributed by atoms with E-state index in [1.54, 1.807) is 0 Å². The van der Waals surface area contributed by atoms with E-state index in [9.17, 15) is 0 Å². The Morgan fingerprint density at radius 1 is 1.00 bits per heavy atom. The van der Waals surface area contributed by atoms with Gasteiger partial charge < -0.3 is 5.32 Å². The minimum atomic E-state index is 0.793. The Kier molecular flexibility index (Phi) is 4.25. The van der Waals surface area contributed by atoms with Crippen LogP contribution < -0.4 is 5.32 Å². The fourth-order valence-electron chi connectivity index (χ4n) is 4.15. The predicted molar refractivity (Wildman–Crippen MR) is 76.7 cm³/mol. The first-order valence-corrected chi connectivity index (χ1v) is 8.34. The molecule has 0 amide bonds. The maximum Gasteiger partial charge on any atom is 0.0195 e. The summed E-state index contributed by atoms with van der Waals surface area (Å²) < 4.78 is 0. The topological polar surface area (TPSA) is 15.3 Å². The van der Waals surface area contributed by atoms with Crippen molar-refractivity contribution in [1.82, 2.24) is 10.2 Å². The average molecular weight is 250 g/mol. The summed E-state index contributed by atoms with van der Waals surface area (Å²) >= 11 is 0. The molecule has 2 saturated carbocycles. The van der Waals surface area contributed by atoms with Crippen molar-refractivity contribution in [3.05, 3.63) is 0 Å². The maximum atomic E-state index is 3.70. The van der Waals surface area contributed by atoms with Gasteiger partial charge in [-0.05, 0) is 56.9 Å². The van der Waals surface area contributed by atoms with Crippen LogP contribution in [0.15, 0.2) is 0 Å². The molecular weight excluding hydrogens is 220 g/mol. The lowest BCUT2D eigenvalue weighted by Crippen LogP contribution is -2.45. The molecule has 0 aromatic heterocycles. The van der Waals surface area contributed by atoms with Crippen molar-refractivity contribution in [2.45, 2.75) is 70.4 Å². The lowest BCUT2D eigenvalue weighted by atomic mass is 9.98. The van der Waals surface area contributed by atoms with E-state index in [-0.39, 0.29) is 0 Å². The third kappa shape index (κ3) is 3.08. The van der Waals surface area contributed by atoms with Gasteiger partial charge in [0.15, 0.2) is 0 Å². The Hall–Kier alpha value is -0.0800. The highest BCUT2D eigenvalue weighted by molar-refractivity contribution is 4.90. The van der Waals surface area contributed by atoms with Gasteiger partial charge in [-0.25, -0.2) is 0 Å². The summed E-state index contributed by atoms with van der Waals surface area (Å²) in [7, 11) is 0. The third-order valence-electron chi connectivity index (χ3n) is 5.42. The summed E-state index contributed by atoms with van der Waals surface area (Å²) in [5.74, 6) is 2.04. The number of hydrogen-bond acceptors (Lipinski definition) is 2. The molecular formula is C16H30N2. The summed E-state index contributed by atoms with van der Waals surface area (Å²) in [5.41, 5.74) is 0. The molecule has 2 heteroatoms. The molecule has 3 atom stereocenters. The van der Waals surface area contributed by atoms with Crippen molar-refractivity contribution >= 4 is 0 Å². The molecule has 1 N–H and O–H groups in total. The first-order valence-electron chi connectivity index (χ1n) is 8.34. The molecule has 3 aliphatic rings. The molecule has 0 radical (unpaired) electrons. The van der Waals surface area contributed by atoms with Crippen molar-refractivity contribution in [2.24, 2.45) is 11.8 Å². The van der Waals surface area contributed by atoms with Gasteiger partial charge in [0.05, 0.1) is 0 Å². The second-order valence-electron chi connectivity index (χ2n) is 6.86. The van der Waals surface area contributed by atoms with Crippen molar-refractivity contribution in [3.8, 4) is 0 Å². The van der Waals surface area contributed by atoms with Crippen LogP contribution in [0.2, 0.25) is 0 Å². The SMILES string of the molecule is CCC1CCCC1N(CC1CC1)CC1CCCN1. The fraction of sp³-hybridized carbons (Fsp3) is 1.00. The predicted octanol–water partition coefficient (Wildman–Crippen LogP) is 3.03. The number of hydrogen-bond donors (Lipinski definition) is 1. The van der Waals surface area contributed by atoms with Gasteiger partial charge in [0, 0.05) is 25.2 Å². The lowest BCUT2D eigenvalue weighted by Gasteiger charge is -2.35. The van der Waals surface area contributed by atoms with Gasteiger partial charge in [0.1, 0.15) is 0 Å². The van der Waals surface area contributed by atoms with E-state index in [1.165, 1.54) is 71.0 Å². The fourth-order valence-corrected chi connectivity index (χ4v) is 4.15. The molecule has 1 saturated heterocycles. The van der Waals surface area contributed by atoms with Crippen molar-refractivity contribution in [2.75, 3.05) is 19.6 Å². The van der Waals surface area contributed by atoms with E-state index in [1.807, 2.05) is 0 Å². The van der Waals surface area contributed by atoms with Gasteiger partial charge in [0.25, 0.3) is 0 Å². The van der Waals surface area contributed by atoms with Crippen LogP contribution in [-0.2, 0) is 0 Å². The monoisotopic (exact) mass is 250 g/mol. The van der Waals surface area contributed by atoms with Crippen molar-refractivity contribution in [3.63, 3.8) is 0 Å². The van der Waals surface area contributed by atoms with Crippen molar-refractivity contribution < 1.29 is 0 Å². The average Bonchev–Trinajstić information content (AvgIpc) is 2.89. The molecule has 0 aromatic carbocycles. The molecule has 2 aliphatic carbocycles. The highest BCUT2D eigenvalue weighted by Crippen LogP contribution is 2.36. The molecule has 0 spiro atoms. The van der Waals surface area contributed by atoms with Gasteiger partial charge in [0.2, 0.25) is 0 Å². The zero-order chi connectivity index (χ0) is 12.4. The molecule has 0 bridgehead atoms. The van der Waals surface area contributed by atoms with Gasteiger partial charge in [-0.3, -0.25) is 4.90 Å². The standard InChI is InChI=1S/C16H30N2/c1-2-14-5-3-7-16(14)18(11-13-8-9-13)12-15-6-4-10-17-15/h13-17H,2-12H2,1H3. The molecule has 3 unspecified atom stereocenters. The van der Waals surface area contributed by atoms with Crippen LogP contribution >= 0.6 is 0 Å². The molecule has 2 nitrogen and oxygen atoms in total. The Balaban J connectivity index is 1.59. The summed E-state index contributed by atoms with van der Waals surface area (Å²) in [6, 6.07) is 1.71. The second kappa shape index (κ2) is 5.92. The smallest absolute Gasteiger partial charge is 0.0195 e. The van der Waals surface area contributed by atoms with E-state index in [0.29, 0.717) is 0 Å². The molecule has 3 rings (SSSR count). The normalized spacial score (nSPS) is 36.7. The molecule has 1 heterocycles. The first kappa shape index (κ1) is 12.9. The van der Waals surface area contributed by atoms with Crippen LogP contribution in [0.1, 0.15) is 58.3 Å². The third-order valence-corrected chi connectivity index (χ3v) is 5.42. The van der Waals surface area contributed by atoms with Gasteiger partial charge in [-0.1, -0.05) is 19.8 Å². The zero-order valence-electron chi connectivity index (χ0n) is 12.0. The highest BCUT2D eigenvalue weighted by atomic mass is 15.2. The Morgan fingerprint density at radius 3 is 2.56 bits per heavy atom. The summed E-state index contributed by atoms with van der Waals surface area (Å²) in [6.45, 7) is 6.38. The Labute approximate surface area is 113 Å². The van der Waals surface area contributed by atoms with E-state index < -0.39 is 0 Å². The van der Waals surface area contributed by atoms with Gasteiger partial charge in [-0.2, -0.15) is 0 Å². The number of rotatable bonds is 6. The van der Waals surface area contributed by atoms with Gasteiger partial charge in [-0.15, -0.1) is 0 Å². The molecule has 0 aromatic rings. The lowest BCUT2D eigenvalue weighted by molar-refractivity contribution is 0.138. The van der Waals surface area contributed by atoms with Crippen LogP contribution in [0.4, 0.5) is 0 Å². The van der Waals surface area contributed by atoms with Gasteiger partial charge >= 0.3 is 0 Å². The largest absolute Gasteiger partial charge is 0.313 e. The minimum absolute atomic E-state index is 0.793. The highest BCUT2D eigenvalue weighted by Gasteiger charge is 2.35. The van der Waals surface area contributed by atoms with E-state index in [2.05, 4.69) is 17.1 Å². The molecule has 104 valence electrons. The van der Waals surface area contributed by atoms with Crippen LogP contribution in [0, 0.1) is 11.8 Å². The Morgan fingerprint density at radius 2 is 1.89 bits per heavy atom.